The number of hydrogen-bond acceptors (Lipinski definition) is 3. The number of carbonyl (C=O) groups excluding carboxylic acids is 1. The molecule has 2 aromatic rings. The fraction of sp³-hybridized carbons (Fsp3) is 0.200. The number of amides is 1. The molecule has 0 aliphatic heterocycles. The lowest BCUT2D eigenvalue weighted by Crippen LogP contribution is -2.28. The van der Waals surface area contributed by atoms with Gasteiger partial charge in [-0.25, -0.2) is 4.98 Å². The predicted molar refractivity (Wildman–Crippen MR) is 87.3 cm³/mol. The van der Waals surface area contributed by atoms with Crippen molar-refractivity contribution in [2.45, 2.75) is 18.3 Å². The van der Waals surface area contributed by atoms with Crippen LogP contribution in [0, 0.1) is 0 Å². The minimum atomic E-state index is -0.473. The molecule has 3 N–H and O–H groups in total. The Morgan fingerprint density at radius 2 is 2.00 bits per heavy atom. The average molecular weight is 367 g/mol. The van der Waals surface area contributed by atoms with Gasteiger partial charge in [0.1, 0.15) is 0 Å². The van der Waals surface area contributed by atoms with E-state index < -0.39 is 5.41 Å². The summed E-state index contributed by atoms with van der Waals surface area (Å²) >= 11 is 9.33. The van der Waals surface area contributed by atoms with Crippen molar-refractivity contribution in [2.24, 2.45) is 0 Å². The fourth-order valence-electron chi connectivity index (χ4n) is 2.33. The zero-order valence-electron chi connectivity index (χ0n) is 11.1. The third-order valence-corrected chi connectivity index (χ3v) is 4.44. The van der Waals surface area contributed by atoms with Crippen LogP contribution in [0.1, 0.15) is 18.4 Å². The van der Waals surface area contributed by atoms with Crippen molar-refractivity contribution >= 4 is 44.8 Å². The molecule has 3 rings (SSSR count). The van der Waals surface area contributed by atoms with Crippen molar-refractivity contribution in [1.29, 1.82) is 0 Å². The molecule has 1 aliphatic rings. The number of nitrogen functional groups attached to an aromatic ring is 1. The van der Waals surface area contributed by atoms with Crippen molar-refractivity contribution in [1.82, 2.24) is 4.98 Å². The Kier molecular flexibility index (Phi) is 3.63. The van der Waals surface area contributed by atoms with E-state index in [1.54, 1.807) is 12.3 Å². The third-order valence-electron chi connectivity index (χ3n) is 3.70. The minimum absolute atomic E-state index is 0.0610. The second-order valence-electron chi connectivity index (χ2n) is 5.15. The Bertz CT molecular complexity index is 699. The molecular weight excluding hydrogens is 354 g/mol. The molecule has 6 heteroatoms. The lowest BCUT2D eigenvalue weighted by atomic mass is 9.94. The van der Waals surface area contributed by atoms with Crippen LogP contribution < -0.4 is 11.1 Å². The number of halogens is 2. The fourth-order valence-corrected chi connectivity index (χ4v) is 2.81. The summed E-state index contributed by atoms with van der Waals surface area (Å²) in [7, 11) is 0. The van der Waals surface area contributed by atoms with Gasteiger partial charge >= 0.3 is 0 Å². The first-order valence-electron chi connectivity index (χ1n) is 6.50. The molecule has 1 aromatic carbocycles. The Morgan fingerprint density at radius 1 is 1.33 bits per heavy atom. The summed E-state index contributed by atoms with van der Waals surface area (Å²) in [5.41, 5.74) is 7.40. The van der Waals surface area contributed by atoms with Crippen LogP contribution in [0.4, 0.5) is 11.4 Å². The van der Waals surface area contributed by atoms with Gasteiger partial charge in [0.15, 0.2) is 5.15 Å². The molecule has 0 saturated heterocycles. The molecule has 0 bridgehead atoms. The summed E-state index contributed by atoms with van der Waals surface area (Å²) in [6.45, 7) is 0. The van der Waals surface area contributed by atoms with E-state index >= 15 is 0 Å². The van der Waals surface area contributed by atoms with Crippen molar-refractivity contribution in [3.05, 3.63) is 51.7 Å². The number of hydrogen-bond donors (Lipinski definition) is 2. The van der Waals surface area contributed by atoms with Crippen LogP contribution in [0.3, 0.4) is 0 Å². The van der Waals surface area contributed by atoms with E-state index in [0.717, 1.165) is 22.9 Å². The van der Waals surface area contributed by atoms with Crippen LogP contribution in [-0.2, 0) is 10.2 Å². The SMILES string of the molecule is Nc1ccc(C2(C(=O)Nc3cc(Br)cnc3Cl)CC2)cc1. The molecule has 1 heterocycles. The van der Waals surface area contributed by atoms with Gasteiger partial charge in [0.2, 0.25) is 5.91 Å². The summed E-state index contributed by atoms with van der Waals surface area (Å²) in [5.74, 6) is -0.0610. The number of aromatic nitrogens is 1. The molecule has 0 radical (unpaired) electrons. The van der Waals surface area contributed by atoms with Crippen LogP contribution in [0.2, 0.25) is 5.15 Å². The van der Waals surface area contributed by atoms with E-state index in [-0.39, 0.29) is 11.1 Å². The van der Waals surface area contributed by atoms with E-state index in [9.17, 15) is 4.79 Å². The molecule has 21 heavy (non-hydrogen) atoms. The number of rotatable bonds is 3. The molecule has 0 unspecified atom stereocenters. The highest BCUT2D eigenvalue weighted by Crippen LogP contribution is 2.49. The van der Waals surface area contributed by atoms with Crippen molar-refractivity contribution in [2.75, 3.05) is 11.1 Å². The number of nitrogens with zero attached hydrogens (tertiary/aromatic N) is 1. The smallest absolute Gasteiger partial charge is 0.235 e. The molecule has 1 aliphatic carbocycles. The van der Waals surface area contributed by atoms with Crippen LogP contribution in [0.5, 0.6) is 0 Å². The average Bonchev–Trinajstić information content (AvgIpc) is 3.25. The number of anilines is 2. The molecule has 108 valence electrons. The van der Waals surface area contributed by atoms with Crippen molar-refractivity contribution < 1.29 is 4.79 Å². The normalized spacial score (nSPS) is 15.5. The molecule has 1 fully saturated rings. The van der Waals surface area contributed by atoms with Gasteiger partial charge in [-0.2, -0.15) is 0 Å². The summed E-state index contributed by atoms with van der Waals surface area (Å²) in [6, 6.07) is 9.18. The molecule has 0 atom stereocenters. The maximum atomic E-state index is 12.6. The lowest BCUT2D eigenvalue weighted by molar-refractivity contribution is -0.118. The number of nitrogens with two attached hydrogens (primary N) is 1. The quantitative estimate of drug-likeness (QED) is 0.642. The molecule has 1 aromatic heterocycles. The number of nitrogens with one attached hydrogen (secondary N) is 1. The number of benzene rings is 1. The van der Waals surface area contributed by atoms with E-state index in [4.69, 9.17) is 17.3 Å². The Morgan fingerprint density at radius 3 is 2.62 bits per heavy atom. The molecule has 1 amide bonds. The van der Waals surface area contributed by atoms with Gasteiger partial charge in [-0.05, 0) is 52.5 Å². The summed E-state index contributed by atoms with van der Waals surface area (Å²) in [5, 5.41) is 3.15. The number of carbonyl (C=O) groups is 1. The predicted octanol–water partition coefficient (Wildman–Crippen LogP) is 3.75. The van der Waals surface area contributed by atoms with Crippen LogP contribution in [-0.4, -0.2) is 10.9 Å². The van der Waals surface area contributed by atoms with Gasteiger partial charge in [0.25, 0.3) is 0 Å². The second-order valence-corrected chi connectivity index (χ2v) is 6.42. The van der Waals surface area contributed by atoms with Gasteiger partial charge < -0.3 is 11.1 Å². The summed E-state index contributed by atoms with van der Waals surface area (Å²) in [6.07, 6.45) is 3.23. The zero-order valence-corrected chi connectivity index (χ0v) is 13.4. The standard InChI is InChI=1S/C15H13BrClN3O/c16-10-7-12(13(17)19-8-10)20-14(21)15(5-6-15)9-1-3-11(18)4-2-9/h1-4,7-8H,5-6,18H2,(H,20,21). The second kappa shape index (κ2) is 5.31. The van der Waals surface area contributed by atoms with Crippen LogP contribution in [0.25, 0.3) is 0 Å². The van der Waals surface area contributed by atoms with E-state index in [0.29, 0.717) is 11.4 Å². The molecule has 0 spiro atoms. The number of pyridine rings is 1. The Labute approximate surface area is 135 Å². The van der Waals surface area contributed by atoms with E-state index in [1.807, 2.05) is 24.3 Å². The Balaban J connectivity index is 1.85. The monoisotopic (exact) mass is 365 g/mol. The first-order chi connectivity index (χ1) is 10.0. The van der Waals surface area contributed by atoms with Gasteiger partial charge in [-0.15, -0.1) is 0 Å². The molecule has 4 nitrogen and oxygen atoms in total. The van der Waals surface area contributed by atoms with Gasteiger partial charge in [-0.3, -0.25) is 4.79 Å². The van der Waals surface area contributed by atoms with Gasteiger partial charge in [0.05, 0.1) is 11.1 Å². The van der Waals surface area contributed by atoms with Crippen LogP contribution in [0.15, 0.2) is 41.0 Å². The maximum absolute atomic E-state index is 12.6. The topological polar surface area (TPSA) is 68.0 Å². The first-order valence-corrected chi connectivity index (χ1v) is 7.67. The van der Waals surface area contributed by atoms with Crippen LogP contribution >= 0.6 is 27.5 Å². The minimum Gasteiger partial charge on any atom is -0.399 e. The Hall–Kier alpha value is -1.59. The van der Waals surface area contributed by atoms with Gasteiger partial charge in [-0.1, -0.05) is 23.7 Å². The zero-order chi connectivity index (χ0) is 15.0. The van der Waals surface area contributed by atoms with E-state index in [1.165, 1.54) is 0 Å². The van der Waals surface area contributed by atoms with Crippen molar-refractivity contribution in [3.8, 4) is 0 Å². The lowest BCUT2D eigenvalue weighted by Gasteiger charge is -2.16. The largest absolute Gasteiger partial charge is 0.399 e. The maximum Gasteiger partial charge on any atom is 0.235 e. The third kappa shape index (κ3) is 2.76. The van der Waals surface area contributed by atoms with Crippen molar-refractivity contribution in [3.63, 3.8) is 0 Å². The van der Waals surface area contributed by atoms with E-state index in [2.05, 4.69) is 26.2 Å². The molecular formula is C15H13BrClN3O. The summed E-state index contributed by atoms with van der Waals surface area (Å²) < 4.78 is 0.763. The first kappa shape index (κ1) is 14.4. The van der Waals surface area contributed by atoms with Gasteiger partial charge in [0, 0.05) is 16.4 Å². The summed E-state index contributed by atoms with van der Waals surface area (Å²) in [4.78, 5) is 16.6. The highest BCUT2D eigenvalue weighted by molar-refractivity contribution is 9.10. The highest BCUT2D eigenvalue weighted by Gasteiger charge is 2.51. The highest BCUT2D eigenvalue weighted by atomic mass is 79.9. The molecule has 1 saturated carbocycles.